The molecule has 1 aliphatic heterocycles. The van der Waals surface area contributed by atoms with Crippen molar-refractivity contribution in [1.82, 2.24) is 24.6 Å². The lowest BCUT2D eigenvalue weighted by molar-refractivity contribution is 0.0766. The normalized spacial score (nSPS) is 15.5. The predicted octanol–water partition coefficient (Wildman–Crippen LogP) is 0.762. The molecule has 0 unspecified atom stereocenters. The number of amides is 1. The van der Waals surface area contributed by atoms with Crippen LogP contribution in [0.4, 0.5) is 11.8 Å². The van der Waals surface area contributed by atoms with Gasteiger partial charge in [0.2, 0.25) is 5.95 Å². The van der Waals surface area contributed by atoms with Gasteiger partial charge in [-0.3, -0.25) is 9.48 Å². The zero-order chi connectivity index (χ0) is 17.3. The molecule has 0 spiro atoms. The van der Waals surface area contributed by atoms with E-state index in [-0.39, 0.29) is 11.9 Å². The lowest BCUT2D eigenvalue weighted by atomic mass is 10.2. The van der Waals surface area contributed by atoms with E-state index >= 15 is 0 Å². The van der Waals surface area contributed by atoms with E-state index in [1.165, 1.54) is 0 Å². The number of nitrogens with zero attached hydrogens (tertiary/aromatic N) is 6. The van der Waals surface area contributed by atoms with Gasteiger partial charge < -0.3 is 15.5 Å². The summed E-state index contributed by atoms with van der Waals surface area (Å²) in [6.07, 6.45) is 2.53. The zero-order valence-corrected chi connectivity index (χ0v) is 14.4. The molecule has 1 fully saturated rings. The fraction of sp³-hybridized carbons (Fsp3) is 0.500. The lowest BCUT2D eigenvalue weighted by Gasteiger charge is -2.23. The molecule has 1 saturated heterocycles. The first-order valence-corrected chi connectivity index (χ1v) is 8.09. The average molecular weight is 329 g/mol. The van der Waals surface area contributed by atoms with E-state index in [4.69, 9.17) is 5.73 Å². The number of nitrogen functional groups attached to an aromatic ring is 1. The van der Waals surface area contributed by atoms with Gasteiger partial charge in [0.25, 0.3) is 5.91 Å². The van der Waals surface area contributed by atoms with Crippen LogP contribution >= 0.6 is 0 Å². The first-order chi connectivity index (χ1) is 11.5. The van der Waals surface area contributed by atoms with Gasteiger partial charge in [0.15, 0.2) is 0 Å². The molecule has 8 nitrogen and oxygen atoms in total. The number of hydrogen-bond acceptors (Lipinski definition) is 6. The summed E-state index contributed by atoms with van der Waals surface area (Å²) < 4.78 is 1.73. The van der Waals surface area contributed by atoms with Crippen LogP contribution in [0.2, 0.25) is 0 Å². The van der Waals surface area contributed by atoms with Crippen molar-refractivity contribution in [2.75, 3.05) is 36.8 Å². The second-order valence-electron chi connectivity index (χ2n) is 6.13. The maximum atomic E-state index is 12.7. The highest BCUT2D eigenvalue weighted by Crippen LogP contribution is 2.17. The zero-order valence-electron chi connectivity index (χ0n) is 14.4. The Kier molecular flexibility index (Phi) is 4.37. The fourth-order valence-corrected chi connectivity index (χ4v) is 2.97. The third-order valence-corrected chi connectivity index (χ3v) is 4.43. The summed E-state index contributed by atoms with van der Waals surface area (Å²) in [5, 5.41) is 4.17. The van der Waals surface area contributed by atoms with Crippen molar-refractivity contribution < 1.29 is 4.79 Å². The van der Waals surface area contributed by atoms with E-state index in [0.717, 1.165) is 43.3 Å². The molecule has 2 N–H and O–H groups in total. The van der Waals surface area contributed by atoms with Gasteiger partial charge >= 0.3 is 0 Å². The van der Waals surface area contributed by atoms with Crippen LogP contribution in [-0.2, 0) is 7.05 Å². The van der Waals surface area contributed by atoms with Crippen LogP contribution in [0.15, 0.2) is 12.3 Å². The molecule has 1 aliphatic rings. The first-order valence-electron chi connectivity index (χ1n) is 8.09. The van der Waals surface area contributed by atoms with Gasteiger partial charge in [-0.2, -0.15) is 10.1 Å². The molecule has 0 radical (unpaired) electrons. The summed E-state index contributed by atoms with van der Waals surface area (Å²) in [4.78, 5) is 25.2. The number of carbonyl (C=O) groups is 1. The highest BCUT2D eigenvalue weighted by Gasteiger charge is 2.23. The molecule has 2 aromatic heterocycles. The quantitative estimate of drug-likeness (QED) is 0.874. The topological polar surface area (TPSA) is 93.2 Å². The molecule has 24 heavy (non-hydrogen) atoms. The SMILES string of the molecule is Cc1cc(N2CCCN(C(=O)c3cnn(C)c3C)CC2)nc(N)n1. The summed E-state index contributed by atoms with van der Waals surface area (Å²) in [6.45, 7) is 6.75. The Labute approximate surface area is 141 Å². The minimum Gasteiger partial charge on any atom is -0.368 e. The Bertz CT molecular complexity index is 735. The Morgan fingerprint density at radius 3 is 2.62 bits per heavy atom. The van der Waals surface area contributed by atoms with Crippen LogP contribution in [0.3, 0.4) is 0 Å². The molecule has 0 atom stereocenters. The van der Waals surface area contributed by atoms with E-state index in [2.05, 4.69) is 20.0 Å². The second kappa shape index (κ2) is 6.46. The summed E-state index contributed by atoms with van der Waals surface area (Å²) in [5.74, 6) is 1.15. The molecule has 8 heteroatoms. The van der Waals surface area contributed by atoms with Crippen molar-refractivity contribution in [3.05, 3.63) is 29.2 Å². The number of anilines is 2. The molecule has 1 amide bonds. The number of aromatic nitrogens is 4. The van der Waals surface area contributed by atoms with Gasteiger partial charge in [-0.1, -0.05) is 0 Å². The van der Waals surface area contributed by atoms with Gasteiger partial charge in [0.05, 0.1) is 11.8 Å². The lowest BCUT2D eigenvalue weighted by Crippen LogP contribution is -2.35. The maximum Gasteiger partial charge on any atom is 0.257 e. The number of carbonyl (C=O) groups excluding carboxylic acids is 1. The van der Waals surface area contributed by atoms with Crippen molar-refractivity contribution in [2.24, 2.45) is 7.05 Å². The molecular formula is C16H23N7O. The van der Waals surface area contributed by atoms with Crippen molar-refractivity contribution in [1.29, 1.82) is 0 Å². The Morgan fingerprint density at radius 2 is 1.96 bits per heavy atom. The van der Waals surface area contributed by atoms with Crippen molar-refractivity contribution >= 4 is 17.7 Å². The van der Waals surface area contributed by atoms with Crippen LogP contribution < -0.4 is 10.6 Å². The van der Waals surface area contributed by atoms with Gasteiger partial charge in [0.1, 0.15) is 5.82 Å². The van der Waals surface area contributed by atoms with E-state index in [0.29, 0.717) is 12.1 Å². The van der Waals surface area contributed by atoms with E-state index in [1.54, 1.807) is 10.9 Å². The van der Waals surface area contributed by atoms with Gasteiger partial charge in [-0.05, 0) is 20.3 Å². The third kappa shape index (κ3) is 3.17. The van der Waals surface area contributed by atoms with Crippen LogP contribution in [0.1, 0.15) is 28.2 Å². The van der Waals surface area contributed by atoms with Crippen molar-refractivity contribution in [2.45, 2.75) is 20.3 Å². The second-order valence-corrected chi connectivity index (χ2v) is 6.13. The van der Waals surface area contributed by atoms with E-state index in [1.807, 2.05) is 31.9 Å². The van der Waals surface area contributed by atoms with Crippen molar-refractivity contribution in [3.8, 4) is 0 Å². The van der Waals surface area contributed by atoms with E-state index < -0.39 is 0 Å². The Hall–Kier alpha value is -2.64. The van der Waals surface area contributed by atoms with E-state index in [9.17, 15) is 4.79 Å². The average Bonchev–Trinajstić information content (AvgIpc) is 2.76. The van der Waals surface area contributed by atoms with Crippen LogP contribution in [0, 0.1) is 13.8 Å². The van der Waals surface area contributed by atoms with Gasteiger partial charge in [-0.25, -0.2) is 4.98 Å². The smallest absolute Gasteiger partial charge is 0.257 e. The summed E-state index contributed by atoms with van der Waals surface area (Å²) in [5.41, 5.74) is 8.16. The van der Waals surface area contributed by atoms with Crippen molar-refractivity contribution in [3.63, 3.8) is 0 Å². The molecule has 0 bridgehead atoms. The molecular weight excluding hydrogens is 306 g/mol. The molecule has 128 valence electrons. The maximum absolute atomic E-state index is 12.7. The summed E-state index contributed by atoms with van der Waals surface area (Å²) in [7, 11) is 1.85. The number of aryl methyl sites for hydroxylation is 2. The summed E-state index contributed by atoms with van der Waals surface area (Å²) >= 11 is 0. The van der Waals surface area contributed by atoms with Gasteiger partial charge in [-0.15, -0.1) is 0 Å². The van der Waals surface area contributed by atoms with Crippen LogP contribution in [0.5, 0.6) is 0 Å². The number of rotatable bonds is 2. The van der Waals surface area contributed by atoms with Gasteiger partial charge in [0, 0.05) is 50.7 Å². The molecule has 3 heterocycles. The minimum absolute atomic E-state index is 0.0424. The minimum atomic E-state index is 0.0424. The molecule has 0 aliphatic carbocycles. The standard InChI is InChI=1S/C16H23N7O/c1-11-9-14(20-16(17)19-11)22-5-4-6-23(8-7-22)15(24)13-10-18-21(3)12(13)2/h9-10H,4-8H2,1-3H3,(H2,17,19,20). The van der Waals surface area contributed by atoms with Crippen LogP contribution in [0.25, 0.3) is 0 Å². The summed E-state index contributed by atoms with van der Waals surface area (Å²) in [6, 6.07) is 1.93. The molecule has 0 aromatic carbocycles. The number of hydrogen-bond donors (Lipinski definition) is 1. The number of nitrogens with two attached hydrogens (primary N) is 1. The Morgan fingerprint density at radius 1 is 1.17 bits per heavy atom. The monoisotopic (exact) mass is 329 g/mol. The largest absolute Gasteiger partial charge is 0.368 e. The molecule has 0 saturated carbocycles. The molecule has 3 rings (SSSR count). The Balaban J connectivity index is 1.73. The van der Waals surface area contributed by atoms with Crippen LogP contribution in [-0.4, -0.2) is 56.7 Å². The third-order valence-electron chi connectivity index (χ3n) is 4.43. The highest BCUT2D eigenvalue weighted by molar-refractivity contribution is 5.95. The highest BCUT2D eigenvalue weighted by atomic mass is 16.2. The fourth-order valence-electron chi connectivity index (χ4n) is 2.97. The first kappa shape index (κ1) is 16.2. The molecule has 2 aromatic rings. The predicted molar refractivity (Wildman–Crippen MR) is 91.9 cm³/mol.